The van der Waals surface area contributed by atoms with Crippen LogP contribution < -0.4 is 5.32 Å². The first-order valence-electron chi connectivity index (χ1n) is 9.19. The standard InChI is InChI=1S/C22H21F3N2O2/c1-14(17-7-5-8-18(12-17)22(23,24)25)26-21(29)13-20-19-9-4-3-6-16(19)10-11-27(20)15(2)28/h3-12,14,20H,13H2,1-2H3,(H,26,29)/t14-,20-/m1/s1. The highest BCUT2D eigenvalue weighted by atomic mass is 19.4. The van der Waals surface area contributed by atoms with Gasteiger partial charge in [-0.15, -0.1) is 0 Å². The summed E-state index contributed by atoms with van der Waals surface area (Å²) in [4.78, 5) is 26.2. The van der Waals surface area contributed by atoms with Gasteiger partial charge in [-0.05, 0) is 41.8 Å². The van der Waals surface area contributed by atoms with Crippen LogP contribution in [-0.4, -0.2) is 16.7 Å². The molecule has 1 heterocycles. The second kappa shape index (κ2) is 8.11. The zero-order valence-corrected chi connectivity index (χ0v) is 16.0. The molecule has 29 heavy (non-hydrogen) atoms. The van der Waals surface area contributed by atoms with Gasteiger partial charge in [0.25, 0.3) is 0 Å². The highest BCUT2D eigenvalue weighted by Gasteiger charge is 2.31. The predicted octanol–water partition coefficient (Wildman–Crippen LogP) is 4.85. The Kier molecular flexibility index (Phi) is 5.77. The monoisotopic (exact) mass is 402 g/mol. The molecule has 0 aromatic heterocycles. The molecule has 4 nitrogen and oxygen atoms in total. The normalized spacial score (nSPS) is 16.9. The maximum absolute atomic E-state index is 12.9. The summed E-state index contributed by atoms with van der Waals surface area (Å²) >= 11 is 0. The molecule has 1 aliphatic heterocycles. The molecule has 152 valence electrons. The van der Waals surface area contributed by atoms with E-state index in [1.165, 1.54) is 17.9 Å². The molecule has 0 saturated heterocycles. The molecule has 0 bridgehead atoms. The second-order valence-corrected chi connectivity index (χ2v) is 7.00. The van der Waals surface area contributed by atoms with Crippen molar-refractivity contribution in [3.05, 3.63) is 77.0 Å². The minimum absolute atomic E-state index is 0.00420. The number of fused-ring (bicyclic) bond motifs is 1. The molecule has 0 aliphatic carbocycles. The Morgan fingerprint density at radius 1 is 1.14 bits per heavy atom. The first-order valence-corrected chi connectivity index (χ1v) is 9.19. The van der Waals surface area contributed by atoms with Crippen molar-refractivity contribution in [1.82, 2.24) is 10.2 Å². The Bertz CT molecular complexity index is 953. The number of halogens is 3. The average Bonchev–Trinajstić information content (AvgIpc) is 2.67. The van der Waals surface area contributed by atoms with Gasteiger partial charge in [-0.3, -0.25) is 9.59 Å². The van der Waals surface area contributed by atoms with Crippen molar-refractivity contribution in [2.45, 2.75) is 38.5 Å². The van der Waals surface area contributed by atoms with E-state index >= 15 is 0 Å². The van der Waals surface area contributed by atoms with Crippen LogP contribution in [0.25, 0.3) is 6.08 Å². The Hall–Kier alpha value is -3.09. The van der Waals surface area contributed by atoms with Crippen molar-refractivity contribution in [3.63, 3.8) is 0 Å². The Labute approximate surface area is 167 Å². The largest absolute Gasteiger partial charge is 0.416 e. The molecule has 0 spiro atoms. The van der Waals surface area contributed by atoms with Gasteiger partial charge in [-0.25, -0.2) is 0 Å². The van der Waals surface area contributed by atoms with E-state index in [2.05, 4.69) is 5.32 Å². The van der Waals surface area contributed by atoms with E-state index in [9.17, 15) is 22.8 Å². The number of nitrogens with zero attached hydrogens (tertiary/aromatic N) is 1. The number of hydrogen-bond donors (Lipinski definition) is 1. The van der Waals surface area contributed by atoms with Gasteiger partial charge in [-0.1, -0.05) is 36.4 Å². The number of hydrogen-bond acceptors (Lipinski definition) is 2. The summed E-state index contributed by atoms with van der Waals surface area (Å²) in [7, 11) is 0. The van der Waals surface area contributed by atoms with Gasteiger partial charge >= 0.3 is 6.18 Å². The van der Waals surface area contributed by atoms with Crippen molar-refractivity contribution in [3.8, 4) is 0 Å². The van der Waals surface area contributed by atoms with E-state index in [4.69, 9.17) is 0 Å². The molecule has 3 rings (SSSR count). The fourth-order valence-corrected chi connectivity index (χ4v) is 3.46. The van der Waals surface area contributed by atoms with Crippen LogP contribution in [0.15, 0.2) is 54.7 Å². The molecule has 0 radical (unpaired) electrons. The van der Waals surface area contributed by atoms with Gasteiger partial charge in [0, 0.05) is 13.1 Å². The van der Waals surface area contributed by atoms with Gasteiger partial charge < -0.3 is 10.2 Å². The van der Waals surface area contributed by atoms with E-state index in [1.54, 1.807) is 19.2 Å². The van der Waals surface area contributed by atoms with Crippen LogP contribution in [0, 0.1) is 0 Å². The van der Waals surface area contributed by atoms with E-state index < -0.39 is 23.8 Å². The quantitative estimate of drug-likeness (QED) is 0.795. The molecule has 1 aliphatic rings. The third-order valence-electron chi connectivity index (χ3n) is 4.94. The highest BCUT2D eigenvalue weighted by Crippen LogP contribution is 2.33. The number of nitrogens with one attached hydrogen (secondary N) is 1. The summed E-state index contributed by atoms with van der Waals surface area (Å²) in [6, 6.07) is 11.3. The van der Waals surface area contributed by atoms with Crippen molar-refractivity contribution < 1.29 is 22.8 Å². The molecule has 2 atom stereocenters. The van der Waals surface area contributed by atoms with Gasteiger partial charge in [0.05, 0.1) is 24.1 Å². The number of benzene rings is 2. The lowest BCUT2D eigenvalue weighted by atomic mass is 9.93. The van der Waals surface area contributed by atoms with Crippen molar-refractivity contribution in [2.24, 2.45) is 0 Å². The summed E-state index contributed by atoms with van der Waals surface area (Å²) in [6.07, 6.45) is -0.973. The van der Waals surface area contributed by atoms with Crippen LogP contribution in [0.1, 0.15) is 54.6 Å². The van der Waals surface area contributed by atoms with Crippen LogP contribution in [0.4, 0.5) is 13.2 Å². The van der Waals surface area contributed by atoms with Gasteiger partial charge in [0.2, 0.25) is 11.8 Å². The van der Waals surface area contributed by atoms with E-state index in [-0.39, 0.29) is 18.2 Å². The van der Waals surface area contributed by atoms with Gasteiger partial charge in [0.1, 0.15) is 0 Å². The lowest BCUT2D eigenvalue weighted by Crippen LogP contribution is -2.36. The molecule has 0 saturated carbocycles. The van der Waals surface area contributed by atoms with Crippen LogP contribution in [-0.2, 0) is 15.8 Å². The fraction of sp³-hybridized carbons (Fsp3) is 0.273. The van der Waals surface area contributed by atoms with E-state index in [1.807, 2.05) is 30.3 Å². The number of alkyl halides is 3. The minimum Gasteiger partial charge on any atom is -0.350 e. The second-order valence-electron chi connectivity index (χ2n) is 7.00. The van der Waals surface area contributed by atoms with Crippen LogP contribution in [0.5, 0.6) is 0 Å². The molecule has 1 N–H and O–H groups in total. The van der Waals surface area contributed by atoms with E-state index in [0.717, 1.165) is 23.3 Å². The molecule has 2 aromatic carbocycles. The van der Waals surface area contributed by atoms with Gasteiger partial charge in [0.15, 0.2) is 0 Å². The minimum atomic E-state index is -4.44. The SMILES string of the molecule is CC(=O)N1C=Cc2ccccc2[C@H]1CC(=O)N[C@H](C)c1cccc(C(F)(F)F)c1. The smallest absolute Gasteiger partial charge is 0.350 e. The molecule has 0 unspecified atom stereocenters. The lowest BCUT2D eigenvalue weighted by Gasteiger charge is -2.32. The zero-order valence-electron chi connectivity index (χ0n) is 16.0. The number of carbonyl (C=O) groups excluding carboxylic acids is 2. The van der Waals surface area contributed by atoms with Gasteiger partial charge in [-0.2, -0.15) is 13.2 Å². The first kappa shape index (κ1) is 20.6. The summed E-state index contributed by atoms with van der Waals surface area (Å²) in [5, 5.41) is 2.74. The molecule has 2 aromatic rings. The van der Waals surface area contributed by atoms with Crippen molar-refractivity contribution in [2.75, 3.05) is 0 Å². The third-order valence-corrected chi connectivity index (χ3v) is 4.94. The molecule has 2 amide bonds. The molecular formula is C22H21F3N2O2. The topological polar surface area (TPSA) is 49.4 Å². The maximum Gasteiger partial charge on any atom is 0.416 e. The molecule has 0 fully saturated rings. The first-order chi connectivity index (χ1) is 13.7. The lowest BCUT2D eigenvalue weighted by molar-refractivity contribution is -0.137. The van der Waals surface area contributed by atoms with E-state index in [0.29, 0.717) is 5.56 Å². The van der Waals surface area contributed by atoms with Crippen LogP contribution >= 0.6 is 0 Å². The third kappa shape index (κ3) is 4.67. The Balaban J connectivity index is 1.76. The molecule has 7 heteroatoms. The summed E-state index contributed by atoms with van der Waals surface area (Å²) < 4.78 is 38.8. The summed E-state index contributed by atoms with van der Waals surface area (Å²) in [5.74, 6) is -0.546. The summed E-state index contributed by atoms with van der Waals surface area (Å²) in [5.41, 5.74) is 1.38. The molecular weight excluding hydrogens is 381 g/mol. The van der Waals surface area contributed by atoms with Crippen molar-refractivity contribution in [1.29, 1.82) is 0 Å². The van der Waals surface area contributed by atoms with Crippen molar-refractivity contribution >= 4 is 17.9 Å². The van der Waals surface area contributed by atoms with Crippen LogP contribution in [0.3, 0.4) is 0 Å². The maximum atomic E-state index is 12.9. The zero-order chi connectivity index (χ0) is 21.2. The summed E-state index contributed by atoms with van der Waals surface area (Å²) in [6.45, 7) is 3.05. The highest BCUT2D eigenvalue weighted by molar-refractivity contribution is 5.82. The number of amides is 2. The Morgan fingerprint density at radius 2 is 1.86 bits per heavy atom. The average molecular weight is 402 g/mol. The predicted molar refractivity (Wildman–Crippen MR) is 103 cm³/mol. The van der Waals surface area contributed by atoms with Crippen LogP contribution in [0.2, 0.25) is 0 Å². The number of carbonyl (C=O) groups is 2. The Morgan fingerprint density at radius 3 is 2.55 bits per heavy atom. The number of rotatable bonds is 4. The fourth-order valence-electron chi connectivity index (χ4n) is 3.46.